The van der Waals surface area contributed by atoms with Crippen LogP contribution in [-0.4, -0.2) is 48.9 Å². The lowest BCUT2D eigenvalue weighted by atomic mass is 10.2. The van der Waals surface area contributed by atoms with Crippen LogP contribution in [0.3, 0.4) is 0 Å². The summed E-state index contributed by atoms with van der Waals surface area (Å²) in [4.78, 5) is 20.9. The summed E-state index contributed by atoms with van der Waals surface area (Å²) in [5, 5.41) is 9.34. The molecule has 1 aliphatic heterocycles. The molecule has 0 saturated carbocycles. The van der Waals surface area contributed by atoms with Gasteiger partial charge in [0.2, 0.25) is 0 Å². The minimum absolute atomic E-state index is 0.0366. The molecule has 1 saturated heterocycles. The maximum absolute atomic E-state index is 14.3. The molecule has 1 unspecified atom stereocenters. The summed E-state index contributed by atoms with van der Waals surface area (Å²) in [7, 11) is 3.18. The summed E-state index contributed by atoms with van der Waals surface area (Å²) < 4.78 is 24.5. The second-order valence-electron chi connectivity index (χ2n) is 6.58. The van der Waals surface area contributed by atoms with Crippen molar-refractivity contribution in [1.29, 1.82) is 0 Å². The number of aliphatic hydroxyl groups excluding tert-OH is 1. The fraction of sp³-hybridized carbons (Fsp3) is 0.429. The Labute approximate surface area is 178 Å². The highest BCUT2D eigenvalue weighted by Gasteiger charge is 2.46. The molecule has 1 N–H and O–H groups in total. The van der Waals surface area contributed by atoms with Crippen LogP contribution in [-0.2, 0) is 32.8 Å². The fourth-order valence-electron chi connectivity index (χ4n) is 2.80. The quantitative estimate of drug-likeness (QED) is 0.324. The average Bonchev–Trinajstić information content (AvgIpc) is 3.05. The van der Waals surface area contributed by atoms with E-state index in [-0.39, 0.29) is 19.8 Å². The lowest BCUT2D eigenvalue weighted by Crippen LogP contribution is -2.34. The molecular weight excluding hydrogens is 415 g/mol. The third-order valence-corrected chi connectivity index (χ3v) is 5.82. The molecule has 1 fully saturated rings. The van der Waals surface area contributed by atoms with Gasteiger partial charge in [0.1, 0.15) is 36.3 Å². The number of ether oxygens (including phenoxy) is 2. The van der Waals surface area contributed by atoms with E-state index < -0.39 is 23.0 Å². The average molecular weight is 440 g/mol. The van der Waals surface area contributed by atoms with E-state index in [0.29, 0.717) is 0 Å². The van der Waals surface area contributed by atoms with E-state index in [1.54, 1.807) is 26.4 Å². The van der Waals surface area contributed by atoms with Crippen molar-refractivity contribution in [2.75, 3.05) is 20.8 Å². The Morgan fingerprint density at radius 2 is 1.37 bits per heavy atom. The molecule has 3 rings (SSSR count). The minimum Gasteiger partial charge on any atom is -0.497 e. The van der Waals surface area contributed by atoms with E-state index in [4.69, 9.17) is 29.0 Å². The van der Waals surface area contributed by atoms with Crippen molar-refractivity contribution in [2.45, 2.75) is 36.2 Å². The van der Waals surface area contributed by atoms with Crippen LogP contribution in [0.5, 0.6) is 11.5 Å². The van der Waals surface area contributed by atoms with Crippen molar-refractivity contribution in [1.82, 2.24) is 0 Å². The van der Waals surface area contributed by atoms with Gasteiger partial charge in [0.15, 0.2) is 6.17 Å². The monoisotopic (exact) mass is 440 g/mol. The zero-order chi connectivity index (χ0) is 21.3. The Kier molecular flexibility index (Phi) is 8.74. The van der Waals surface area contributed by atoms with Crippen molar-refractivity contribution in [3.05, 3.63) is 59.7 Å². The predicted octanol–water partition coefficient (Wildman–Crippen LogP) is 3.44. The largest absolute Gasteiger partial charge is 0.497 e. The Balaban J connectivity index is 1.42. The first-order valence-electron chi connectivity index (χ1n) is 9.37. The molecule has 0 aromatic heterocycles. The number of benzene rings is 2. The standard InChI is InChI=1S/C21H25FO7S/c1-24-16-7-3-14(4-8-16)11-26-27-13-18-20(19(22)21(23)30-18)29-28-12-15-5-9-17(25-2)10-6-15/h3-10,18-21,23H,11-13H2,1-2H3/t18-,19+,20-,21?/m1/s1. The second-order valence-corrected chi connectivity index (χ2v) is 7.94. The van der Waals surface area contributed by atoms with Crippen molar-refractivity contribution in [2.24, 2.45) is 0 Å². The molecule has 30 heavy (non-hydrogen) atoms. The van der Waals surface area contributed by atoms with Gasteiger partial charge in [-0.3, -0.25) is 0 Å². The molecule has 0 radical (unpaired) electrons. The van der Waals surface area contributed by atoms with Crippen LogP contribution in [0.4, 0.5) is 4.39 Å². The van der Waals surface area contributed by atoms with Crippen LogP contribution in [0.15, 0.2) is 48.5 Å². The Morgan fingerprint density at radius 1 is 0.833 bits per heavy atom. The second kappa shape index (κ2) is 11.5. The lowest BCUT2D eigenvalue weighted by Gasteiger charge is -2.19. The highest BCUT2D eigenvalue weighted by Crippen LogP contribution is 2.37. The highest BCUT2D eigenvalue weighted by atomic mass is 32.2. The number of hydrogen-bond acceptors (Lipinski definition) is 8. The summed E-state index contributed by atoms with van der Waals surface area (Å²) >= 11 is 1.02. The number of alkyl halides is 1. The van der Waals surface area contributed by atoms with Crippen LogP contribution in [0, 0.1) is 0 Å². The van der Waals surface area contributed by atoms with E-state index in [1.807, 2.05) is 36.4 Å². The zero-order valence-corrected chi connectivity index (χ0v) is 17.5. The van der Waals surface area contributed by atoms with Crippen LogP contribution in [0.25, 0.3) is 0 Å². The van der Waals surface area contributed by atoms with Crippen molar-refractivity contribution in [3.63, 3.8) is 0 Å². The number of hydrogen-bond donors (Lipinski definition) is 1. The molecule has 1 heterocycles. The molecule has 1 aliphatic rings. The fourth-order valence-corrected chi connectivity index (χ4v) is 3.94. The van der Waals surface area contributed by atoms with Gasteiger partial charge in [-0.1, -0.05) is 24.3 Å². The number of halogens is 1. The molecule has 0 spiro atoms. The predicted molar refractivity (Wildman–Crippen MR) is 109 cm³/mol. The van der Waals surface area contributed by atoms with Crippen LogP contribution in [0.2, 0.25) is 0 Å². The summed E-state index contributed by atoms with van der Waals surface area (Å²) in [5.74, 6) is 1.48. The number of aliphatic hydroxyl groups is 1. The third-order valence-electron chi connectivity index (χ3n) is 4.53. The number of thioether (sulfide) groups is 1. The maximum atomic E-state index is 14.3. The normalized spacial score (nSPS) is 23.5. The molecule has 164 valence electrons. The maximum Gasteiger partial charge on any atom is 0.166 e. The Hall–Kier alpha value is -1.88. The molecule has 2 aromatic carbocycles. The SMILES string of the molecule is COc1ccc(COOC[C@H]2SC(O)[C@@H](F)[C@@H]2OOCc2ccc(OC)cc2)cc1. The smallest absolute Gasteiger partial charge is 0.166 e. The van der Waals surface area contributed by atoms with E-state index >= 15 is 0 Å². The number of methoxy groups -OCH3 is 2. The van der Waals surface area contributed by atoms with E-state index in [1.165, 1.54) is 0 Å². The molecular formula is C21H25FO7S. The van der Waals surface area contributed by atoms with Gasteiger partial charge < -0.3 is 14.6 Å². The van der Waals surface area contributed by atoms with E-state index in [9.17, 15) is 9.50 Å². The van der Waals surface area contributed by atoms with Crippen LogP contribution >= 0.6 is 11.8 Å². The van der Waals surface area contributed by atoms with Gasteiger partial charge in [-0.2, -0.15) is 0 Å². The molecule has 0 amide bonds. The Bertz CT molecular complexity index is 759. The highest BCUT2D eigenvalue weighted by molar-refractivity contribution is 8.00. The van der Waals surface area contributed by atoms with E-state index in [0.717, 1.165) is 34.4 Å². The third kappa shape index (κ3) is 6.31. The minimum atomic E-state index is -1.60. The van der Waals surface area contributed by atoms with Crippen LogP contribution < -0.4 is 9.47 Å². The zero-order valence-electron chi connectivity index (χ0n) is 16.7. The molecule has 7 nitrogen and oxygen atoms in total. The van der Waals surface area contributed by atoms with Gasteiger partial charge >= 0.3 is 0 Å². The van der Waals surface area contributed by atoms with Crippen LogP contribution in [0.1, 0.15) is 11.1 Å². The van der Waals surface area contributed by atoms with Gasteiger partial charge in [0.05, 0.1) is 26.1 Å². The molecule has 2 aromatic rings. The van der Waals surface area contributed by atoms with Gasteiger partial charge in [0.25, 0.3) is 0 Å². The summed E-state index contributed by atoms with van der Waals surface area (Å²) in [6, 6.07) is 14.6. The molecule has 9 heteroatoms. The van der Waals surface area contributed by atoms with Crippen molar-refractivity contribution < 1.29 is 38.5 Å². The first kappa shape index (κ1) is 22.8. The van der Waals surface area contributed by atoms with Gasteiger partial charge in [0, 0.05) is 0 Å². The summed E-state index contributed by atoms with van der Waals surface area (Å²) in [6.07, 6.45) is -2.58. The van der Waals surface area contributed by atoms with Gasteiger partial charge in [-0.05, 0) is 35.4 Å². The first-order valence-corrected chi connectivity index (χ1v) is 10.3. The molecule has 4 atom stereocenters. The lowest BCUT2D eigenvalue weighted by molar-refractivity contribution is -0.351. The van der Waals surface area contributed by atoms with Crippen molar-refractivity contribution >= 4 is 11.8 Å². The molecule has 0 bridgehead atoms. The summed E-state index contributed by atoms with van der Waals surface area (Å²) in [5.41, 5.74) is 0.525. The first-order chi connectivity index (χ1) is 14.6. The topological polar surface area (TPSA) is 75.6 Å². The van der Waals surface area contributed by atoms with Crippen molar-refractivity contribution in [3.8, 4) is 11.5 Å². The van der Waals surface area contributed by atoms with Gasteiger partial charge in [-0.15, -0.1) is 11.8 Å². The number of rotatable bonds is 11. The van der Waals surface area contributed by atoms with Gasteiger partial charge in [-0.25, -0.2) is 23.9 Å². The Morgan fingerprint density at radius 3 is 1.90 bits per heavy atom. The molecule has 0 aliphatic carbocycles. The summed E-state index contributed by atoms with van der Waals surface area (Å²) in [6.45, 7) is 0.396. The van der Waals surface area contributed by atoms with E-state index in [2.05, 4.69) is 0 Å².